The van der Waals surface area contributed by atoms with Gasteiger partial charge in [-0.1, -0.05) is 6.08 Å². The molecule has 0 spiro atoms. The van der Waals surface area contributed by atoms with Crippen LogP contribution in [-0.4, -0.2) is 49.3 Å². The first-order valence-electron chi connectivity index (χ1n) is 4.24. The van der Waals surface area contributed by atoms with Crippen LogP contribution in [0, 0.1) is 0 Å². The quantitative estimate of drug-likeness (QED) is 0.572. The molecule has 0 saturated carbocycles. The lowest BCUT2D eigenvalue weighted by Crippen LogP contribution is -2.34. The van der Waals surface area contributed by atoms with Crippen molar-refractivity contribution < 1.29 is 14.6 Å². The predicted molar refractivity (Wildman–Crippen MR) is 50.4 cm³/mol. The Labute approximate surface area is 78.8 Å². The molecule has 0 aromatic carbocycles. The summed E-state index contributed by atoms with van der Waals surface area (Å²) in [5, 5.41) is 8.68. The Balaban J connectivity index is 3.87. The van der Waals surface area contributed by atoms with Crippen molar-refractivity contribution in [1.82, 2.24) is 4.90 Å². The predicted octanol–water partition coefficient (Wildman–Crippen LogP) is 0.0298. The van der Waals surface area contributed by atoms with E-state index in [1.54, 1.807) is 18.1 Å². The normalized spacial score (nSPS) is 9.69. The maximum atomic E-state index is 11.4. The van der Waals surface area contributed by atoms with E-state index in [1.807, 2.05) is 0 Å². The molecule has 1 amide bonds. The van der Waals surface area contributed by atoms with Gasteiger partial charge >= 0.3 is 0 Å². The van der Waals surface area contributed by atoms with E-state index in [1.165, 1.54) is 0 Å². The van der Waals surface area contributed by atoms with Crippen LogP contribution in [0.1, 0.15) is 6.42 Å². The van der Waals surface area contributed by atoms with E-state index in [2.05, 4.69) is 6.58 Å². The molecule has 0 aromatic rings. The van der Waals surface area contributed by atoms with E-state index in [4.69, 9.17) is 9.84 Å². The summed E-state index contributed by atoms with van der Waals surface area (Å²) in [5.74, 6) is -0.0178. The molecule has 0 unspecified atom stereocenters. The summed E-state index contributed by atoms with van der Waals surface area (Å²) < 4.78 is 4.78. The van der Waals surface area contributed by atoms with Crippen LogP contribution in [-0.2, 0) is 9.53 Å². The second-order valence-corrected chi connectivity index (χ2v) is 2.59. The highest BCUT2D eigenvalue weighted by Crippen LogP contribution is 1.94. The molecule has 13 heavy (non-hydrogen) atoms. The third-order valence-electron chi connectivity index (χ3n) is 1.59. The summed E-state index contributed by atoms with van der Waals surface area (Å²) in [6.45, 7) is 4.76. The van der Waals surface area contributed by atoms with Crippen LogP contribution < -0.4 is 0 Å². The summed E-state index contributed by atoms with van der Waals surface area (Å²) in [7, 11) is 1.55. The van der Waals surface area contributed by atoms with Gasteiger partial charge in [-0.2, -0.15) is 0 Å². The van der Waals surface area contributed by atoms with Crippen LogP contribution in [0.15, 0.2) is 12.7 Å². The van der Waals surface area contributed by atoms with Gasteiger partial charge in [-0.25, -0.2) is 0 Å². The van der Waals surface area contributed by atoms with Gasteiger partial charge in [0, 0.05) is 20.2 Å². The maximum Gasteiger partial charge on any atom is 0.225 e. The molecule has 0 saturated heterocycles. The molecule has 0 atom stereocenters. The molecule has 0 fully saturated rings. The number of carbonyl (C=O) groups is 1. The number of methoxy groups -OCH3 is 1. The fourth-order valence-corrected chi connectivity index (χ4v) is 0.942. The maximum absolute atomic E-state index is 11.4. The molecule has 0 aliphatic heterocycles. The van der Waals surface area contributed by atoms with E-state index < -0.39 is 0 Å². The van der Waals surface area contributed by atoms with Crippen molar-refractivity contribution in [3.63, 3.8) is 0 Å². The number of carbonyl (C=O) groups excluding carboxylic acids is 1. The topological polar surface area (TPSA) is 49.8 Å². The molecule has 76 valence electrons. The Morgan fingerprint density at radius 3 is 2.85 bits per heavy atom. The Morgan fingerprint density at radius 1 is 1.69 bits per heavy atom. The van der Waals surface area contributed by atoms with Gasteiger partial charge in [0.15, 0.2) is 0 Å². The molecule has 0 aliphatic carbocycles. The minimum atomic E-state index is -0.0213. The minimum absolute atomic E-state index is 0.0178. The number of aliphatic hydroxyl groups excluding tert-OH is 1. The van der Waals surface area contributed by atoms with E-state index in [-0.39, 0.29) is 12.5 Å². The van der Waals surface area contributed by atoms with Crippen LogP contribution >= 0.6 is 0 Å². The summed E-state index contributed by atoms with van der Waals surface area (Å²) >= 11 is 0. The SMILES string of the molecule is C=CCN(CCO)C(=O)CCOC. The van der Waals surface area contributed by atoms with Crippen LogP contribution in [0.25, 0.3) is 0 Å². The molecular formula is C9H17NO3. The Kier molecular flexibility index (Phi) is 7.24. The Hall–Kier alpha value is -0.870. The summed E-state index contributed by atoms with van der Waals surface area (Å²) in [6.07, 6.45) is 1.99. The van der Waals surface area contributed by atoms with Gasteiger partial charge in [0.1, 0.15) is 0 Å². The van der Waals surface area contributed by atoms with Crippen molar-refractivity contribution >= 4 is 5.91 Å². The second-order valence-electron chi connectivity index (χ2n) is 2.59. The largest absolute Gasteiger partial charge is 0.395 e. The third kappa shape index (κ3) is 5.38. The van der Waals surface area contributed by atoms with Gasteiger partial charge in [-0.05, 0) is 0 Å². The van der Waals surface area contributed by atoms with Crippen molar-refractivity contribution in [1.29, 1.82) is 0 Å². The highest BCUT2D eigenvalue weighted by molar-refractivity contribution is 5.76. The molecule has 4 nitrogen and oxygen atoms in total. The van der Waals surface area contributed by atoms with E-state index in [0.29, 0.717) is 26.1 Å². The number of amides is 1. The summed E-state index contributed by atoms with van der Waals surface area (Å²) in [5.41, 5.74) is 0. The molecule has 0 heterocycles. The number of rotatable bonds is 7. The number of ether oxygens (including phenoxy) is 1. The fourth-order valence-electron chi connectivity index (χ4n) is 0.942. The van der Waals surface area contributed by atoms with Crippen molar-refractivity contribution in [3.05, 3.63) is 12.7 Å². The lowest BCUT2D eigenvalue weighted by Gasteiger charge is -2.19. The first kappa shape index (κ1) is 12.1. The van der Waals surface area contributed by atoms with E-state index >= 15 is 0 Å². The molecule has 0 aromatic heterocycles. The van der Waals surface area contributed by atoms with Gasteiger partial charge in [0.05, 0.1) is 19.6 Å². The van der Waals surface area contributed by atoms with Crippen molar-refractivity contribution in [3.8, 4) is 0 Å². The number of hydrogen-bond acceptors (Lipinski definition) is 3. The molecule has 0 radical (unpaired) electrons. The Bertz CT molecular complexity index is 159. The van der Waals surface area contributed by atoms with E-state index in [9.17, 15) is 4.79 Å². The molecule has 0 aliphatic rings. The number of aliphatic hydroxyl groups is 1. The number of hydrogen-bond donors (Lipinski definition) is 1. The third-order valence-corrected chi connectivity index (χ3v) is 1.59. The van der Waals surface area contributed by atoms with Gasteiger partial charge in [0.25, 0.3) is 0 Å². The summed E-state index contributed by atoms with van der Waals surface area (Å²) in [6, 6.07) is 0. The fraction of sp³-hybridized carbons (Fsp3) is 0.667. The van der Waals surface area contributed by atoms with Gasteiger partial charge in [0.2, 0.25) is 5.91 Å². The van der Waals surface area contributed by atoms with Crippen molar-refractivity contribution in [2.75, 3.05) is 33.4 Å². The lowest BCUT2D eigenvalue weighted by molar-refractivity contribution is -0.132. The van der Waals surface area contributed by atoms with Gasteiger partial charge in [-0.3, -0.25) is 4.79 Å². The highest BCUT2D eigenvalue weighted by Gasteiger charge is 2.10. The molecule has 4 heteroatoms. The van der Waals surface area contributed by atoms with E-state index in [0.717, 1.165) is 0 Å². The van der Waals surface area contributed by atoms with Gasteiger partial charge < -0.3 is 14.7 Å². The second kappa shape index (κ2) is 7.76. The van der Waals surface area contributed by atoms with Crippen LogP contribution in [0.4, 0.5) is 0 Å². The van der Waals surface area contributed by atoms with Crippen LogP contribution in [0.3, 0.4) is 0 Å². The summed E-state index contributed by atoms with van der Waals surface area (Å²) in [4.78, 5) is 12.9. The van der Waals surface area contributed by atoms with Crippen molar-refractivity contribution in [2.45, 2.75) is 6.42 Å². The first-order chi connectivity index (χ1) is 6.26. The lowest BCUT2D eigenvalue weighted by atomic mass is 10.3. The van der Waals surface area contributed by atoms with Crippen LogP contribution in [0.5, 0.6) is 0 Å². The zero-order chi connectivity index (χ0) is 10.1. The average Bonchev–Trinajstić information content (AvgIpc) is 2.14. The highest BCUT2D eigenvalue weighted by atomic mass is 16.5. The zero-order valence-corrected chi connectivity index (χ0v) is 8.03. The number of nitrogens with zero attached hydrogens (tertiary/aromatic N) is 1. The molecule has 1 N–H and O–H groups in total. The first-order valence-corrected chi connectivity index (χ1v) is 4.24. The standard InChI is InChI=1S/C9H17NO3/c1-3-5-10(6-7-11)9(12)4-8-13-2/h3,11H,1,4-8H2,2H3. The zero-order valence-electron chi connectivity index (χ0n) is 8.03. The minimum Gasteiger partial charge on any atom is -0.395 e. The van der Waals surface area contributed by atoms with Crippen LogP contribution in [0.2, 0.25) is 0 Å². The molecule has 0 bridgehead atoms. The molecule has 0 rings (SSSR count). The molecular weight excluding hydrogens is 170 g/mol. The monoisotopic (exact) mass is 187 g/mol. The smallest absolute Gasteiger partial charge is 0.225 e. The van der Waals surface area contributed by atoms with Crippen molar-refractivity contribution in [2.24, 2.45) is 0 Å². The average molecular weight is 187 g/mol. The van der Waals surface area contributed by atoms with Gasteiger partial charge in [-0.15, -0.1) is 6.58 Å². The Morgan fingerprint density at radius 2 is 2.38 bits per heavy atom.